The van der Waals surface area contributed by atoms with Crippen molar-refractivity contribution in [3.05, 3.63) is 48.0 Å². The first-order valence-electron chi connectivity index (χ1n) is 9.01. The minimum absolute atomic E-state index is 0.104. The van der Waals surface area contributed by atoms with Crippen LogP contribution in [0.4, 0.5) is 0 Å². The van der Waals surface area contributed by atoms with Crippen LogP contribution in [0.5, 0.6) is 11.5 Å². The van der Waals surface area contributed by atoms with Gasteiger partial charge in [0.2, 0.25) is 5.91 Å². The molecule has 0 fully saturated rings. The van der Waals surface area contributed by atoms with Crippen molar-refractivity contribution in [1.29, 1.82) is 0 Å². The SMILES string of the molecule is CC(C)Oc1cccc(-c2ccc3c(c2)C(NC(=O)CCO)CCO3)c1. The summed E-state index contributed by atoms with van der Waals surface area (Å²) >= 11 is 0. The summed E-state index contributed by atoms with van der Waals surface area (Å²) in [6.45, 7) is 4.42. The summed E-state index contributed by atoms with van der Waals surface area (Å²) in [5, 5.41) is 11.9. The standard InChI is InChI=1S/C21H25NO4/c1-14(2)26-17-5-3-4-15(12-17)16-6-7-20-18(13-16)19(9-11-25-20)22-21(24)8-10-23/h3-7,12-14,19,23H,8-11H2,1-2H3,(H,22,24). The van der Waals surface area contributed by atoms with Gasteiger partial charge < -0.3 is 19.9 Å². The van der Waals surface area contributed by atoms with Crippen LogP contribution in [0.1, 0.15) is 38.3 Å². The molecule has 2 aromatic carbocycles. The lowest BCUT2D eigenvalue weighted by atomic mass is 9.95. The van der Waals surface area contributed by atoms with E-state index in [1.165, 1.54) is 0 Å². The highest BCUT2D eigenvalue weighted by atomic mass is 16.5. The Bertz CT molecular complexity index is 772. The van der Waals surface area contributed by atoms with E-state index in [2.05, 4.69) is 11.4 Å². The summed E-state index contributed by atoms with van der Waals surface area (Å²) < 4.78 is 11.5. The fourth-order valence-corrected chi connectivity index (χ4v) is 3.11. The monoisotopic (exact) mass is 355 g/mol. The molecule has 5 heteroatoms. The number of aliphatic hydroxyl groups is 1. The molecule has 0 spiro atoms. The van der Waals surface area contributed by atoms with Crippen LogP contribution >= 0.6 is 0 Å². The summed E-state index contributed by atoms with van der Waals surface area (Å²) in [5.41, 5.74) is 3.07. The quantitative estimate of drug-likeness (QED) is 0.833. The minimum atomic E-state index is -0.150. The third-order valence-electron chi connectivity index (χ3n) is 4.26. The van der Waals surface area contributed by atoms with E-state index in [1.54, 1.807) is 0 Å². The molecule has 0 aliphatic carbocycles. The van der Waals surface area contributed by atoms with Gasteiger partial charge in [0, 0.05) is 18.4 Å². The maximum atomic E-state index is 11.9. The minimum Gasteiger partial charge on any atom is -0.493 e. The second-order valence-electron chi connectivity index (χ2n) is 6.68. The summed E-state index contributed by atoms with van der Waals surface area (Å²) in [4.78, 5) is 11.9. The number of amides is 1. The highest BCUT2D eigenvalue weighted by Gasteiger charge is 2.23. The largest absolute Gasteiger partial charge is 0.493 e. The molecule has 3 rings (SSSR count). The molecule has 1 aliphatic heterocycles. The van der Waals surface area contributed by atoms with Gasteiger partial charge in [-0.2, -0.15) is 0 Å². The highest BCUT2D eigenvalue weighted by Crippen LogP contribution is 2.36. The average molecular weight is 355 g/mol. The first-order valence-corrected chi connectivity index (χ1v) is 9.01. The number of hydrogen-bond acceptors (Lipinski definition) is 4. The molecule has 1 unspecified atom stereocenters. The Morgan fingerprint density at radius 3 is 2.85 bits per heavy atom. The first kappa shape index (κ1) is 18.3. The predicted molar refractivity (Wildman–Crippen MR) is 100 cm³/mol. The van der Waals surface area contributed by atoms with Gasteiger partial charge in [0.1, 0.15) is 11.5 Å². The Balaban J connectivity index is 1.88. The van der Waals surface area contributed by atoms with E-state index in [1.807, 2.05) is 50.2 Å². The Hall–Kier alpha value is -2.53. The van der Waals surface area contributed by atoms with Crippen LogP contribution in [0.2, 0.25) is 0 Å². The first-order chi connectivity index (χ1) is 12.6. The Morgan fingerprint density at radius 2 is 2.08 bits per heavy atom. The molecule has 0 bridgehead atoms. The van der Waals surface area contributed by atoms with Gasteiger partial charge >= 0.3 is 0 Å². The lowest BCUT2D eigenvalue weighted by Gasteiger charge is -2.27. The molecule has 0 saturated heterocycles. The van der Waals surface area contributed by atoms with E-state index < -0.39 is 0 Å². The van der Waals surface area contributed by atoms with Crippen molar-refractivity contribution in [3.8, 4) is 22.6 Å². The van der Waals surface area contributed by atoms with Gasteiger partial charge in [0.15, 0.2) is 0 Å². The number of carbonyl (C=O) groups excluding carboxylic acids is 1. The third kappa shape index (κ3) is 4.35. The predicted octanol–water partition coefficient (Wildman–Crippen LogP) is 3.46. The molecule has 0 aromatic heterocycles. The number of fused-ring (bicyclic) bond motifs is 1. The van der Waals surface area contributed by atoms with E-state index in [9.17, 15) is 4.79 Å². The molecular weight excluding hydrogens is 330 g/mol. The van der Waals surface area contributed by atoms with E-state index >= 15 is 0 Å². The van der Waals surface area contributed by atoms with Gasteiger partial charge in [0.05, 0.1) is 25.4 Å². The van der Waals surface area contributed by atoms with E-state index in [-0.39, 0.29) is 31.1 Å². The maximum absolute atomic E-state index is 11.9. The van der Waals surface area contributed by atoms with Crippen LogP contribution in [0.3, 0.4) is 0 Å². The molecule has 2 aromatic rings. The van der Waals surface area contributed by atoms with E-state index in [4.69, 9.17) is 14.6 Å². The topological polar surface area (TPSA) is 67.8 Å². The molecule has 138 valence electrons. The van der Waals surface area contributed by atoms with Crippen LogP contribution in [-0.4, -0.2) is 30.3 Å². The van der Waals surface area contributed by atoms with Crippen LogP contribution in [0.25, 0.3) is 11.1 Å². The van der Waals surface area contributed by atoms with Gasteiger partial charge in [0.25, 0.3) is 0 Å². The molecule has 1 heterocycles. The number of benzene rings is 2. The normalized spacial score (nSPS) is 15.9. The third-order valence-corrected chi connectivity index (χ3v) is 4.26. The lowest BCUT2D eigenvalue weighted by Crippen LogP contribution is -2.32. The summed E-state index contributed by atoms with van der Waals surface area (Å²) in [6, 6.07) is 13.9. The molecule has 0 saturated carbocycles. The molecule has 1 amide bonds. The summed E-state index contributed by atoms with van der Waals surface area (Å²) in [5.74, 6) is 1.48. The van der Waals surface area contributed by atoms with Crippen LogP contribution in [0.15, 0.2) is 42.5 Å². The van der Waals surface area contributed by atoms with Gasteiger partial charge in [-0.1, -0.05) is 18.2 Å². The van der Waals surface area contributed by atoms with Crippen molar-refractivity contribution < 1.29 is 19.4 Å². The molecule has 2 N–H and O–H groups in total. The average Bonchev–Trinajstić information content (AvgIpc) is 2.61. The number of aliphatic hydroxyl groups excluding tert-OH is 1. The van der Waals surface area contributed by atoms with Crippen molar-refractivity contribution >= 4 is 5.91 Å². The second-order valence-corrected chi connectivity index (χ2v) is 6.68. The fraction of sp³-hybridized carbons (Fsp3) is 0.381. The van der Waals surface area contributed by atoms with Gasteiger partial charge in [-0.25, -0.2) is 0 Å². The van der Waals surface area contributed by atoms with Crippen LogP contribution < -0.4 is 14.8 Å². The molecular formula is C21H25NO4. The van der Waals surface area contributed by atoms with E-state index in [0.717, 1.165) is 28.2 Å². The second kappa shape index (κ2) is 8.23. The molecule has 26 heavy (non-hydrogen) atoms. The zero-order valence-electron chi connectivity index (χ0n) is 15.2. The van der Waals surface area contributed by atoms with Crippen LogP contribution in [0, 0.1) is 0 Å². The smallest absolute Gasteiger partial charge is 0.222 e. The Labute approximate surface area is 153 Å². The molecule has 1 atom stereocenters. The van der Waals surface area contributed by atoms with Crippen molar-refractivity contribution in [1.82, 2.24) is 5.32 Å². The summed E-state index contributed by atoms with van der Waals surface area (Å²) in [7, 11) is 0. The number of hydrogen-bond donors (Lipinski definition) is 2. The number of ether oxygens (including phenoxy) is 2. The Morgan fingerprint density at radius 1 is 1.27 bits per heavy atom. The van der Waals surface area contributed by atoms with Crippen molar-refractivity contribution in [2.24, 2.45) is 0 Å². The molecule has 1 aliphatic rings. The number of carbonyl (C=O) groups is 1. The number of nitrogens with one attached hydrogen (secondary N) is 1. The lowest BCUT2D eigenvalue weighted by molar-refractivity contribution is -0.122. The van der Waals surface area contributed by atoms with Gasteiger partial charge in [-0.05, 0) is 49.2 Å². The molecule has 0 radical (unpaired) electrons. The number of rotatable bonds is 6. The highest BCUT2D eigenvalue weighted by molar-refractivity contribution is 5.77. The van der Waals surface area contributed by atoms with Crippen molar-refractivity contribution in [2.75, 3.05) is 13.2 Å². The Kier molecular flexibility index (Phi) is 5.78. The van der Waals surface area contributed by atoms with Gasteiger partial charge in [-0.3, -0.25) is 4.79 Å². The summed E-state index contributed by atoms with van der Waals surface area (Å²) in [6.07, 6.45) is 0.943. The van der Waals surface area contributed by atoms with Crippen molar-refractivity contribution in [3.63, 3.8) is 0 Å². The van der Waals surface area contributed by atoms with Gasteiger partial charge in [-0.15, -0.1) is 0 Å². The fourth-order valence-electron chi connectivity index (χ4n) is 3.11. The van der Waals surface area contributed by atoms with Crippen molar-refractivity contribution in [2.45, 2.75) is 38.8 Å². The van der Waals surface area contributed by atoms with E-state index in [0.29, 0.717) is 13.0 Å². The maximum Gasteiger partial charge on any atom is 0.222 e. The zero-order chi connectivity index (χ0) is 18.5. The molecule has 5 nitrogen and oxygen atoms in total. The van der Waals surface area contributed by atoms with Crippen LogP contribution in [-0.2, 0) is 4.79 Å². The zero-order valence-corrected chi connectivity index (χ0v) is 15.2.